The summed E-state index contributed by atoms with van der Waals surface area (Å²) in [6.45, 7) is 0. The summed E-state index contributed by atoms with van der Waals surface area (Å²) >= 11 is 0. The first-order valence-corrected chi connectivity index (χ1v) is 7.62. The molecule has 1 heterocycles. The number of aromatic amines is 1. The van der Waals surface area contributed by atoms with Crippen LogP contribution in [0.25, 0.3) is 22.0 Å². The van der Waals surface area contributed by atoms with Crippen LogP contribution in [0.3, 0.4) is 0 Å². The molecule has 0 aliphatic rings. The highest BCUT2D eigenvalue weighted by Gasteiger charge is 2.12. The van der Waals surface area contributed by atoms with Crippen molar-refractivity contribution >= 4 is 10.8 Å². The zero-order valence-electron chi connectivity index (χ0n) is 14.5. The van der Waals surface area contributed by atoms with Crippen LogP contribution in [0.4, 0.5) is 0 Å². The van der Waals surface area contributed by atoms with E-state index in [0.717, 1.165) is 10.9 Å². The quantitative estimate of drug-likeness (QED) is 0.771. The molecule has 0 saturated carbocycles. The molecular weight excluding hydrogens is 322 g/mol. The summed E-state index contributed by atoms with van der Waals surface area (Å²) in [6.07, 6.45) is 0. The van der Waals surface area contributed by atoms with E-state index in [1.807, 2.05) is 18.2 Å². The molecule has 130 valence electrons. The second-order valence-corrected chi connectivity index (χ2v) is 5.41. The fourth-order valence-corrected chi connectivity index (χ4v) is 2.71. The fraction of sp³-hybridized carbons (Fsp3) is 0.211. The van der Waals surface area contributed by atoms with E-state index in [4.69, 9.17) is 18.9 Å². The van der Waals surface area contributed by atoms with Crippen LogP contribution in [0, 0.1) is 0 Å². The van der Waals surface area contributed by atoms with Crippen LogP contribution in [-0.4, -0.2) is 33.4 Å². The number of ether oxygens (including phenoxy) is 4. The minimum absolute atomic E-state index is 0.213. The molecule has 2 aromatic carbocycles. The predicted molar refractivity (Wildman–Crippen MR) is 96.2 cm³/mol. The third-order valence-electron chi connectivity index (χ3n) is 4.01. The maximum absolute atomic E-state index is 12.5. The van der Waals surface area contributed by atoms with Crippen molar-refractivity contribution in [2.24, 2.45) is 0 Å². The van der Waals surface area contributed by atoms with Gasteiger partial charge in [-0.2, -0.15) is 0 Å². The first-order valence-electron chi connectivity index (χ1n) is 7.62. The number of fused-ring (bicyclic) bond motifs is 1. The monoisotopic (exact) mass is 341 g/mol. The second-order valence-electron chi connectivity index (χ2n) is 5.41. The van der Waals surface area contributed by atoms with Gasteiger partial charge in [0.15, 0.2) is 11.5 Å². The van der Waals surface area contributed by atoms with Crippen molar-refractivity contribution in [1.82, 2.24) is 4.98 Å². The lowest BCUT2D eigenvalue weighted by Gasteiger charge is -2.11. The summed E-state index contributed by atoms with van der Waals surface area (Å²) in [4.78, 5) is 15.4. The van der Waals surface area contributed by atoms with E-state index in [1.165, 1.54) is 7.11 Å². The lowest BCUT2D eigenvalue weighted by molar-refractivity contribution is 0.356. The molecule has 0 aliphatic carbocycles. The van der Waals surface area contributed by atoms with Gasteiger partial charge < -0.3 is 23.9 Å². The van der Waals surface area contributed by atoms with E-state index in [2.05, 4.69) is 4.98 Å². The topological polar surface area (TPSA) is 69.8 Å². The van der Waals surface area contributed by atoms with Gasteiger partial charge in [-0.1, -0.05) is 0 Å². The summed E-state index contributed by atoms with van der Waals surface area (Å²) in [5.74, 6) is 2.36. The number of methoxy groups -OCH3 is 4. The standard InChI is InChI=1S/C19H19NO5/c1-22-13-5-12(6-14(9-13)23-2)16-7-11-8-17(24-3)18(25-4)10-15(11)19(21)20-16/h5-10H,1-4H3,(H,20,21). The Bertz CT molecular complexity index is 955. The van der Waals surface area contributed by atoms with Gasteiger partial charge >= 0.3 is 0 Å². The minimum Gasteiger partial charge on any atom is -0.497 e. The molecular formula is C19H19NO5. The van der Waals surface area contributed by atoms with Crippen LogP contribution in [-0.2, 0) is 0 Å². The molecule has 0 saturated heterocycles. The number of nitrogens with one attached hydrogen (secondary N) is 1. The Morgan fingerprint density at radius 2 is 1.32 bits per heavy atom. The van der Waals surface area contributed by atoms with E-state index in [9.17, 15) is 4.79 Å². The van der Waals surface area contributed by atoms with Gasteiger partial charge in [0.25, 0.3) is 5.56 Å². The SMILES string of the molecule is COc1cc(OC)cc(-c2cc3cc(OC)c(OC)cc3c(=O)[nH]2)c1. The number of hydrogen-bond acceptors (Lipinski definition) is 5. The maximum atomic E-state index is 12.5. The van der Waals surface area contributed by atoms with Crippen molar-refractivity contribution in [3.63, 3.8) is 0 Å². The average molecular weight is 341 g/mol. The Hall–Kier alpha value is -3.15. The van der Waals surface area contributed by atoms with Gasteiger partial charge in [-0.25, -0.2) is 0 Å². The fourth-order valence-electron chi connectivity index (χ4n) is 2.71. The van der Waals surface area contributed by atoms with Gasteiger partial charge in [-0.15, -0.1) is 0 Å². The molecule has 1 aromatic heterocycles. The van der Waals surface area contributed by atoms with Gasteiger partial charge in [0.05, 0.1) is 33.8 Å². The number of benzene rings is 2. The van der Waals surface area contributed by atoms with Crippen molar-refractivity contribution in [2.75, 3.05) is 28.4 Å². The number of rotatable bonds is 5. The predicted octanol–water partition coefficient (Wildman–Crippen LogP) is 3.23. The van der Waals surface area contributed by atoms with E-state index >= 15 is 0 Å². The first kappa shape index (κ1) is 16.7. The normalized spacial score (nSPS) is 10.6. The van der Waals surface area contributed by atoms with Crippen LogP contribution in [0.2, 0.25) is 0 Å². The van der Waals surface area contributed by atoms with Crippen molar-refractivity contribution in [1.29, 1.82) is 0 Å². The van der Waals surface area contributed by atoms with Gasteiger partial charge in [0.2, 0.25) is 0 Å². The molecule has 0 radical (unpaired) electrons. The molecule has 25 heavy (non-hydrogen) atoms. The Kier molecular flexibility index (Phi) is 4.52. The summed E-state index contributed by atoms with van der Waals surface area (Å²) in [5.41, 5.74) is 1.22. The summed E-state index contributed by atoms with van der Waals surface area (Å²) in [7, 11) is 6.26. The van der Waals surface area contributed by atoms with Crippen LogP contribution in [0.15, 0.2) is 41.2 Å². The molecule has 0 aliphatic heterocycles. The molecule has 0 amide bonds. The lowest BCUT2D eigenvalue weighted by Crippen LogP contribution is -2.08. The zero-order chi connectivity index (χ0) is 18.0. The van der Waals surface area contributed by atoms with Gasteiger partial charge in [0, 0.05) is 17.3 Å². The van der Waals surface area contributed by atoms with E-state index < -0.39 is 0 Å². The lowest BCUT2D eigenvalue weighted by atomic mass is 10.1. The Morgan fingerprint density at radius 3 is 1.88 bits per heavy atom. The second kappa shape index (κ2) is 6.76. The molecule has 0 spiro atoms. The number of aromatic nitrogens is 1. The third-order valence-corrected chi connectivity index (χ3v) is 4.01. The number of pyridine rings is 1. The molecule has 0 fully saturated rings. The van der Waals surface area contributed by atoms with Gasteiger partial charge in [-0.3, -0.25) is 4.79 Å². The van der Waals surface area contributed by atoms with Gasteiger partial charge in [-0.05, 0) is 35.7 Å². The Morgan fingerprint density at radius 1 is 0.720 bits per heavy atom. The van der Waals surface area contributed by atoms with Crippen molar-refractivity contribution in [2.45, 2.75) is 0 Å². The molecule has 0 unspecified atom stereocenters. The smallest absolute Gasteiger partial charge is 0.256 e. The van der Waals surface area contributed by atoms with E-state index in [1.54, 1.807) is 39.5 Å². The minimum atomic E-state index is -0.213. The molecule has 6 nitrogen and oxygen atoms in total. The number of H-pyrrole nitrogens is 1. The molecule has 3 aromatic rings. The van der Waals surface area contributed by atoms with Crippen LogP contribution >= 0.6 is 0 Å². The maximum Gasteiger partial charge on any atom is 0.256 e. The number of hydrogen-bond donors (Lipinski definition) is 1. The largest absolute Gasteiger partial charge is 0.497 e. The average Bonchev–Trinajstić information content (AvgIpc) is 2.66. The third kappa shape index (κ3) is 3.10. The van der Waals surface area contributed by atoms with E-state index in [0.29, 0.717) is 34.1 Å². The zero-order valence-corrected chi connectivity index (χ0v) is 14.5. The van der Waals surface area contributed by atoms with Crippen molar-refractivity contribution < 1.29 is 18.9 Å². The highest BCUT2D eigenvalue weighted by molar-refractivity contribution is 5.88. The molecule has 1 N–H and O–H groups in total. The Labute approximate surface area is 144 Å². The summed E-state index contributed by atoms with van der Waals surface area (Å²) in [5, 5.41) is 1.27. The highest BCUT2D eigenvalue weighted by Crippen LogP contribution is 2.33. The molecule has 6 heteroatoms. The summed E-state index contributed by atoms with van der Waals surface area (Å²) in [6, 6.07) is 10.8. The van der Waals surface area contributed by atoms with Crippen molar-refractivity contribution in [3.8, 4) is 34.3 Å². The molecule has 0 atom stereocenters. The van der Waals surface area contributed by atoms with E-state index in [-0.39, 0.29) is 5.56 Å². The molecule has 0 bridgehead atoms. The Balaban J connectivity index is 2.23. The van der Waals surface area contributed by atoms with Crippen LogP contribution in [0.1, 0.15) is 0 Å². The van der Waals surface area contributed by atoms with Crippen LogP contribution < -0.4 is 24.5 Å². The van der Waals surface area contributed by atoms with Crippen molar-refractivity contribution in [3.05, 3.63) is 46.8 Å². The highest BCUT2D eigenvalue weighted by atomic mass is 16.5. The van der Waals surface area contributed by atoms with Crippen LogP contribution in [0.5, 0.6) is 23.0 Å². The summed E-state index contributed by atoms with van der Waals surface area (Å²) < 4.78 is 21.2. The van der Waals surface area contributed by atoms with Gasteiger partial charge in [0.1, 0.15) is 11.5 Å². The molecule has 3 rings (SSSR count). The first-order chi connectivity index (χ1) is 12.1.